The fraction of sp³-hybridized carbons (Fsp3) is 0.111. The maximum Gasteiger partial charge on any atom is 0.255 e. The average Bonchev–Trinajstić information content (AvgIpc) is 3.21. The van der Waals surface area contributed by atoms with Crippen LogP contribution in [0.5, 0.6) is 0 Å². The topological polar surface area (TPSA) is 62.2 Å². The smallest absolute Gasteiger partial charge is 0.255 e. The summed E-state index contributed by atoms with van der Waals surface area (Å²) in [6.07, 6.45) is 8.20. The number of aromatic amines is 1. The monoisotopic (exact) mass is 304 g/mol. The Balaban J connectivity index is 1.47. The number of H-pyrrole nitrogens is 1. The van der Waals surface area contributed by atoms with Crippen LogP contribution in [-0.4, -0.2) is 26.8 Å². The maximum atomic E-state index is 12.4. The van der Waals surface area contributed by atoms with Crippen molar-refractivity contribution in [2.75, 3.05) is 6.54 Å². The van der Waals surface area contributed by atoms with Gasteiger partial charge in [0.2, 0.25) is 0 Å². The average molecular weight is 304 g/mol. The number of carbonyl (C=O) groups is 1. The highest BCUT2D eigenvalue weighted by molar-refractivity contribution is 5.99. The van der Waals surface area contributed by atoms with Crippen LogP contribution in [0.1, 0.15) is 15.9 Å². The first-order valence-electron chi connectivity index (χ1n) is 7.58. The Bertz CT molecular complexity index is 983. The van der Waals surface area contributed by atoms with Gasteiger partial charge in [0, 0.05) is 42.2 Å². The van der Waals surface area contributed by atoms with Gasteiger partial charge in [-0.2, -0.15) is 0 Å². The van der Waals surface area contributed by atoms with Gasteiger partial charge in [-0.1, -0.05) is 18.2 Å². The van der Waals surface area contributed by atoms with Gasteiger partial charge in [0.15, 0.2) is 0 Å². The molecule has 0 aliphatic rings. The third-order valence-corrected chi connectivity index (χ3v) is 4.02. The van der Waals surface area contributed by atoms with Crippen molar-refractivity contribution in [1.82, 2.24) is 19.7 Å². The lowest BCUT2D eigenvalue weighted by Gasteiger charge is -2.06. The number of hydrogen-bond donors (Lipinski definition) is 2. The summed E-state index contributed by atoms with van der Waals surface area (Å²) >= 11 is 0. The van der Waals surface area contributed by atoms with E-state index in [1.807, 2.05) is 41.2 Å². The van der Waals surface area contributed by atoms with Gasteiger partial charge in [-0.3, -0.25) is 4.79 Å². The minimum absolute atomic E-state index is 0.0957. The number of fused-ring (bicyclic) bond motifs is 2. The molecule has 0 saturated carbocycles. The van der Waals surface area contributed by atoms with Crippen molar-refractivity contribution in [3.05, 3.63) is 72.3 Å². The van der Waals surface area contributed by atoms with Gasteiger partial charge < -0.3 is 14.7 Å². The largest absolute Gasteiger partial charge is 0.361 e. The SMILES string of the molecule is O=C(NCCc1c[nH]c2ccccc12)c1cccn2ccnc12. The number of carbonyl (C=O) groups excluding carboxylic acids is 1. The first-order chi connectivity index (χ1) is 11.3. The number of para-hydroxylation sites is 1. The van der Waals surface area contributed by atoms with Gasteiger partial charge in [0.25, 0.3) is 5.91 Å². The zero-order chi connectivity index (χ0) is 15.6. The lowest BCUT2D eigenvalue weighted by atomic mass is 10.1. The Kier molecular flexibility index (Phi) is 3.31. The molecule has 23 heavy (non-hydrogen) atoms. The van der Waals surface area contributed by atoms with Crippen LogP contribution in [0.15, 0.2) is 61.2 Å². The predicted octanol–water partition coefficient (Wildman–Crippen LogP) is 2.79. The number of imidazole rings is 1. The molecule has 0 aliphatic carbocycles. The standard InChI is InChI=1S/C18H16N4O/c23-18(15-5-3-10-22-11-9-19-17(15)22)20-8-7-13-12-21-16-6-2-1-4-14(13)16/h1-6,9-12,21H,7-8H2,(H,20,23). The molecule has 0 radical (unpaired) electrons. The van der Waals surface area contributed by atoms with Crippen molar-refractivity contribution in [3.8, 4) is 0 Å². The number of rotatable bonds is 4. The summed E-state index contributed by atoms with van der Waals surface area (Å²) in [5.41, 5.74) is 3.60. The molecule has 0 fully saturated rings. The molecule has 4 aromatic rings. The Morgan fingerprint density at radius 3 is 3.04 bits per heavy atom. The third kappa shape index (κ3) is 2.46. The quantitative estimate of drug-likeness (QED) is 0.609. The lowest BCUT2D eigenvalue weighted by Crippen LogP contribution is -2.26. The van der Waals surface area contributed by atoms with Gasteiger partial charge in [-0.05, 0) is 30.2 Å². The normalized spacial score (nSPS) is 11.1. The van der Waals surface area contributed by atoms with Crippen LogP contribution in [0.25, 0.3) is 16.6 Å². The molecule has 114 valence electrons. The molecular weight excluding hydrogens is 288 g/mol. The van der Waals surface area contributed by atoms with Gasteiger partial charge in [-0.25, -0.2) is 4.98 Å². The second-order valence-electron chi connectivity index (χ2n) is 5.45. The number of nitrogens with one attached hydrogen (secondary N) is 2. The van der Waals surface area contributed by atoms with Crippen molar-refractivity contribution in [2.24, 2.45) is 0 Å². The minimum Gasteiger partial charge on any atom is -0.361 e. The molecule has 0 saturated heterocycles. The Morgan fingerprint density at radius 1 is 1.17 bits per heavy atom. The molecule has 0 aliphatic heterocycles. The van der Waals surface area contributed by atoms with E-state index in [0.717, 1.165) is 11.9 Å². The number of benzene rings is 1. The van der Waals surface area contributed by atoms with Crippen molar-refractivity contribution >= 4 is 22.5 Å². The molecule has 3 aromatic heterocycles. The lowest BCUT2D eigenvalue weighted by molar-refractivity contribution is 0.0955. The van der Waals surface area contributed by atoms with E-state index in [0.29, 0.717) is 17.8 Å². The van der Waals surface area contributed by atoms with E-state index in [1.54, 1.807) is 12.3 Å². The second kappa shape index (κ2) is 5.61. The molecule has 0 atom stereocenters. The van der Waals surface area contributed by atoms with Gasteiger partial charge >= 0.3 is 0 Å². The molecule has 0 bridgehead atoms. The van der Waals surface area contributed by atoms with Crippen LogP contribution in [0.4, 0.5) is 0 Å². The number of pyridine rings is 1. The number of nitrogens with zero attached hydrogens (tertiary/aromatic N) is 2. The van der Waals surface area contributed by atoms with E-state index in [9.17, 15) is 4.79 Å². The van der Waals surface area contributed by atoms with Crippen LogP contribution in [0, 0.1) is 0 Å². The highest BCUT2D eigenvalue weighted by atomic mass is 16.1. The van der Waals surface area contributed by atoms with Gasteiger partial charge in [0.1, 0.15) is 5.65 Å². The van der Waals surface area contributed by atoms with E-state index in [1.165, 1.54) is 10.9 Å². The van der Waals surface area contributed by atoms with Crippen molar-refractivity contribution in [2.45, 2.75) is 6.42 Å². The highest BCUT2D eigenvalue weighted by Crippen LogP contribution is 2.17. The van der Waals surface area contributed by atoms with E-state index in [4.69, 9.17) is 0 Å². The summed E-state index contributed by atoms with van der Waals surface area (Å²) in [5, 5.41) is 4.18. The van der Waals surface area contributed by atoms with Crippen LogP contribution in [0.3, 0.4) is 0 Å². The molecule has 2 N–H and O–H groups in total. The summed E-state index contributed by atoms with van der Waals surface area (Å²) in [5.74, 6) is -0.0957. The van der Waals surface area contributed by atoms with Crippen LogP contribution < -0.4 is 5.32 Å². The summed E-state index contributed by atoms with van der Waals surface area (Å²) in [7, 11) is 0. The van der Waals surface area contributed by atoms with Crippen molar-refractivity contribution in [3.63, 3.8) is 0 Å². The molecule has 5 heteroatoms. The molecule has 0 unspecified atom stereocenters. The number of aromatic nitrogens is 3. The van der Waals surface area contributed by atoms with Gasteiger partial charge in [-0.15, -0.1) is 0 Å². The molecule has 5 nitrogen and oxygen atoms in total. The Labute approximate surface area is 133 Å². The Hall–Kier alpha value is -3.08. The van der Waals surface area contributed by atoms with E-state index in [-0.39, 0.29) is 5.91 Å². The molecule has 1 aromatic carbocycles. The van der Waals surface area contributed by atoms with E-state index < -0.39 is 0 Å². The highest BCUT2D eigenvalue weighted by Gasteiger charge is 2.11. The Morgan fingerprint density at radius 2 is 2.09 bits per heavy atom. The first-order valence-corrected chi connectivity index (χ1v) is 7.58. The summed E-state index contributed by atoms with van der Waals surface area (Å²) in [6, 6.07) is 11.8. The zero-order valence-electron chi connectivity index (χ0n) is 12.5. The molecule has 1 amide bonds. The van der Waals surface area contributed by atoms with Crippen LogP contribution in [0.2, 0.25) is 0 Å². The van der Waals surface area contributed by atoms with Crippen LogP contribution >= 0.6 is 0 Å². The second-order valence-corrected chi connectivity index (χ2v) is 5.45. The van der Waals surface area contributed by atoms with Crippen LogP contribution in [-0.2, 0) is 6.42 Å². The summed E-state index contributed by atoms with van der Waals surface area (Å²) in [4.78, 5) is 19.9. The van der Waals surface area contributed by atoms with Gasteiger partial charge in [0.05, 0.1) is 5.56 Å². The van der Waals surface area contributed by atoms with E-state index in [2.05, 4.69) is 27.4 Å². The summed E-state index contributed by atoms with van der Waals surface area (Å²) in [6.45, 7) is 0.586. The summed E-state index contributed by atoms with van der Waals surface area (Å²) < 4.78 is 1.84. The third-order valence-electron chi connectivity index (χ3n) is 4.02. The zero-order valence-corrected chi connectivity index (χ0v) is 12.5. The molecule has 3 heterocycles. The fourth-order valence-electron chi connectivity index (χ4n) is 2.87. The predicted molar refractivity (Wildman–Crippen MR) is 89.5 cm³/mol. The number of hydrogen-bond acceptors (Lipinski definition) is 2. The van der Waals surface area contributed by atoms with Crippen molar-refractivity contribution < 1.29 is 4.79 Å². The maximum absolute atomic E-state index is 12.4. The molecular formula is C18H16N4O. The van der Waals surface area contributed by atoms with E-state index >= 15 is 0 Å². The molecule has 4 rings (SSSR count). The number of amides is 1. The van der Waals surface area contributed by atoms with Crippen molar-refractivity contribution in [1.29, 1.82) is 0 Å². The fourth-order valence-corrected chi connectivity index (χ4v) is 2.87. The minimum atomic E-state index is -0.0957. The molecule has 0 spiro atoms. The first kappa shape index (κ1) is 13.6.